The highest BCUT2D eigenvalue weighted by atomic mass is 35.5. The van der Waals surface area contributed by atoms with Crippen molar-refractivity contribution in [1.82, 2.24) is 10.2 Å². The molecule has 2 aliphatic carbocycles. The molecule has 0 spiro atoms. The van der Waals surface area contributed by atoms with Crippen LogP contribution in [0.5, 0.6) is 0 Å². The summed E-state index contributed by atoms with van der Waals surface area (Å²) in [6.07, 6.45) is 2.39. The molecule has 4 unspecified atom stereocenters. The number of fused-ring (bicyclic) bond motifs is 3. The van der Waals surface area contributed by atoms with Gasteiger partial charge in [-0.15, -0.1) is 21.8 Å². The predicted octanol–water partition coefficient (Wildman–Crippen LogP) is 3.81. The minimum atomic E-state index is -0.214. The first-order valence-corrected chi connectivity index (χ1v) is 7.24. The number of aromatic nitrogens is 2. The Kier molecular flexibility index (Phi) is 2.46. The number of halogens is 1. The van der Waals surface area contributed by atoms with Crippen molar-refractivity contribution in [1.29, 1.82) is 0 Å². The van der Waals surface area contributed by atoms with Crippen molar-refractivity contribution in [2.45, 2.75) is 37.0 Å². The Morgan fingerprint density at radius 3 is 2.89 bits per heavy atom. The first kappa shape index (κ1) is 11.5. The van der Waals surface area contributed by atoms with Crippen molar-refractivity contribution in [3.63, 3.8) is 0 Å². The lowest BCUT2D eigenvalue weighted by molar-refractivity contribution is 0.443. The second-order valence-corrected chi connectivity index (χ2v) is 6.20. The molecule has 0 bridgehead atoms. The SMILES string of the molecule is CC(Cl)c1nnc(C2C3CCc4ccccc4C32)o1. The van der Waals surface area contributed by atoms with Crippen molar-refractivity contribution in [3.8, 4) is 0 Å². The zero-order chi connectivity index (χ0) is 13.0. The van der Waals surface area contributed by atoms with Crippen LogP contribution < -0.4 is 0 Å². The topological polar surface area (TPSA) is 38.9 Å². The van der Waals surface area contributed by atoms with E-state index in [0.29, 0.717) is 23.6 Å². The van der Waals surface area contributed by atoms with Crippen molar-refractivity contribution in [2.24, 2.45) is 5.92 Å². The lowest BCUT2D eigenvalue weighted by Gasteiger charge is -2.13. The summed E-state index contributed by atoms with van der Waals surface area (Å²) in [5.74, 6) is 2.96. The average Bonchev–Trinajstić information content (AvgIpc) is 2.96. The van der Waals surface area contributed by atoms with Gasteiger partial charge in [0.25, 0.3) is 0 Å². The molecule has 4 rings (SSSR count). The molecule has 0 N–H and O–H groups in total. The molecule has 0 amide bonds. The molecular weight excluding hydrogens is 260 g/mol. The molecule has 1 heterocycles. The maximum absolute atomic E-state index is 5.98. The van der Waals surface area contributed by atoms with Crippen molar-refractivity contribution < 1.29 is 4.42 Å². The van der Waals surface area contributed by atoms with Crippen LogP contribution in [-0.4, -0.2) is 10.2 Å². The fourth-order valence-electron chi connectivity index (χ4n) is 3.45. The van der Waals surface area contributed by atoms with E-state index in [2.05, 4.69) is 34.5 Å². The molecule has 2 aromatic rings. The van der Waals surface area contributed by atoms with Crippen LogP contribution in [0.3, 0.4) is 0 Å². The van der Waals surface area contributed by atoms with Gasteiger partial charge in [0.05, 0.1) is 0 Å². The molecule has 3 nitrogen and oxygen atoms in total. The summed E-state index contributed by atoms with van der Waals surface area (Å²) in [5.41, 5.74) is 2.96. The number of alkyl halides is 1. The first-order valence-electron chi connectivity index (χ1n) is 6.81. The van der Waals surface area contributed by atoms with Gasteiger partial charge in [0.2, 0.25) is 11.8 Å². The van der Waals surface area contributed by atoms with E-state index in [0.717, 1.165) is 5.89 Å². The van der Waals surface area contributed by atoms with Gasteiger partial charge in [0.1, 0.15) is 5.38 Å². The molecule has 0 aliphatic heterocycles. The van der Waals surface area contributed by atoms with Crippen LogP contribution in [0.4, 0.5) is 0 Å². The Morgan fingerprint density at radius 1 is 1.26 bits per heavy atom. The zero-order valence-corrected chi connectivity index (χ0v) is 11.5. The van der Waals surface area contributed by atoms with Gasteiger partial charge in [-0.2, -0.15) is 0 Å². The third-order valence-electron chi connectivity index (χ3n) is 4.41. The summed E-state index contributed by atoms with van der Waals surface area (Å²) in [5, 5.41) is 8.02. The molecule has 19 heavy (non-hydrogen) atoms. The van der Waals surface area contributed by atoms with Crippen molar-refractivity contribution >= 4 is 11.6 Å². The molecule has 98 valence electrons. The lowest BCUT2D eigenvalue weighted by Crippen LogP contribution is -2.00. The van der Waals surface area contributed by atoms with Gasteiger partial charge in [-0.05, 0) is 42.7 Å². The number of aryl methyl sites for hydroxylation is 1. The van der Waals surface area contributed by atoms with E-state index in [1.54, 1.807) is 0 Å². The van der Waals surface area contributed by atoms with Crippen LogP contribution in [0.2, 0.25) is 0 Å². The van der Waals surface area contributed by atoms with Crippen LogP contribution >= 0.6 is 11.6 Å². The zero-order valence-electron chi connectivity index (χ0n) is 10.7. The van der Waals surface area contributed by atoms with Gasteiger partial charge >= 0.3 is 0 Å². The van der Waals surface area contributed by atoms with Crippen molar-refractivity contribution in [2.75, 3.05) is 0 Å². The molecule has 1 saturated carbocycles. The second kappa shape index (κ2) is 4.07. The fourth-order valence-corrected chi connectivity index (χ4v) is 3.53. The molecule has 4 atom stereocenters. The average molecular weight is 275 g/mol. The lowest BCUT2D eigenvalue weighted by atomic mass is 9.92. The molecule has 1 fully saturated rings. The Morgan fingerprint density at radius 2 is 2.11 bits per heavy atom. The third-order valence-corrected chi connectivity index (χ3v) is 4.60. The van der Waals surface area contributed by atoms with Gasteiger partial charge in [0, 0.05) is 5.92 Å². The van der Waals surface area contributed by atoms with Gasteiger partial charge < -0.3 is 4.42 Å². The molecule has 1 aromatic carbocycles. The highest BCUT2D eigenvalue weighted by molar-refractivity contribution is 6.20. The normalized spacial score (nSPS) is 29.5. The maximum atomic E-state index is 5.98. The van der Waals surface area contributed by atoms with Gasteiger partial charge in [-0.1, -0.05) is 24.3 Å². The third kappa shape index (κ3) is 1.71. The van der Waals surface area contributed by atoms with E-state index < -0.39 is 0 Å². The monoisotopic (exact) mass is 274 g/mol. The summed E-state index contributed by atoms with van der Waals surface area (Å²) in [7, 11) is 0. The Bertz CT molecular complexity index is 622. The number of nitrogens with zero attached hydrogens (tertiary/aromatic N) is 2. The Labute approximate surface area is 117 Å². The van der Waals surface area contributed by atoms with E-state index in [-0.39, 0.29) is 5.38 Å². The highest BCUT2D eigenvalue weighted by Crippen LogP contribution is 2.64. The highest BCUT2D eigenvalue weighted by Gasteiger charge is 2.56. The molecular formula is C15H15ClN2O. The largest absolute Gasteiger partial charge is 0.423 e. The van der Waals surface area contributed by atoms with Crippen LogP contribution in [0.1, 0.15) is 53.5 Å². The number of hydrogen-bond acceptors (Lipinski definition) is 3. The van der Waals surface area contributed by atoms with E-state index in [1.165, 1.54) is 24.0 Å². The van der Waals surface area contributed by atoms with E-state index >= 15 is 0 Å². The maximum Gasteiger partial charge on any atom is 0.234 e. The Balaban J connectivity index is 1.66. The summed E-state index contributed by atoms with van der Waals surface area (Å²) < 4.78 is 5.72. The van der Waals surface area contributed by atoms with E-state index in [9.17, 15) is 0 Å². The van der Waals surface area contributed by atoms with Crippen LogP contribution in [0.25, 0.3) is 0 Å². The number of rotatable bonds is 2. The molecule has 2 aliphatic rings. The molecule has 4 heteroatoms. The van der Waals surface area contributed by atoms with Gasteiger partial charge in [0.15, 0.2) is 0 Å². The summed E-state index contributed by atoms with van der Waals surface area (Å²) in [4.78, 5) is 0. The van der Waals surface area contributed by atoms with Crippen LogP contribution in [0.15, 0.2) is 28.7 Å². The quantitative estimate of drug-likeness (QED) is 0.782. The van der Waals surface area contributed by atoms with Gasteiger partial charge in [-0.3, -0.25) is 0 Å². The predicted molar refractivity (Wildman–Crippen MR) is 72.3 cm³/mol. The molecule has 0 radical (unpaired) electrons. The van der Waals surface area contributed by atoms with Crippen LogP contribution in [0, 0.1) is 5.92 Å². The summed E-state index contributed by atoms with van der Waals surface area (Å²) >= 11 is 5.98. The molecule has 1 aromatic heterocycles. The van der Waals surface area contributed by atoms with Crippen LogP contribution in [-0.2, 0) is 6.42 Å². The summed E-state index contributed by atoms with van der Waals surface area (Å²) in [6.45, 7) is 1.86. The minimum absolute atomic E-state index is 0.214. The molecule has 0 saturated heterocycles. The van der Waals surface area contributed by atoms with E-state index in [4.69, 9.17) is 16.0 Å². The first-order chi connectivity index (χ1) is 9.25. The summed E-state index contributed by atoms with van der Waals surface area (Å²) in [6, 6.07) is 8.72. The standard InChI is InChI=1S/C15H15ClN2O/c1-8(16)14-17-18-15(19-14)13-11-7-6-9-4-2-3-5-10(9)12(11)13/h2-5,8,11-13H,6-7H2,1H3. The van der Waals surface area contributed by atoms with Gasteiger partial charge in [-0.25, -0.2) is 0 Å². The fraction of sp³-hybridized carbons (Fsp3) is 0.467. The number of benzene rings is 1. The smallest absolute Gasteiger partial charge is 0.234 e. The number of hydrogen-bond donors (Lipinski definition) is 0. The van der Waals surface area contributed by atoms with Crippen molar-refractivity contribution in [3.05, 3.63) is 47.2 Å². The second-order valence-electron chi connectivity index (χ2n) is 5.55. The Hall–Kier alpha value is -1.35. The minimum Gasteiger partial charge on any atom is -0.423 e. The van der Waals surface area contributed by atoms with E-state index in [1.807, 2.05) is 6.92 Å².